The van der Waals surface area contributed by atoms with E-state index in [2.05, 4.69) is 25.6 Å². The van der Waals surface area contributed by atoms with E-state index in [4.69, 9.17) is 38.5 Å². The third kappa shape index (κ3) is 12.0. The number of methoxy groups -OCH3 is 1. The van der Waals surface area contributed by atoms with Gasteiger partial charge in [0.15, 0.2) is 0 Å². The van der Waals surface area contributed by atoms with Crippen LogP contribution in [0.5, 0.6) is 17.2 Å². The molecule has 0 unspecified atom stereocenters. The minimum atomic E-state index is -0.586. The van der Waals surface area contributed by atoms with Crippen LogP contribution in [0.25, 0.3) is 10.2 Å². The standard InChI is InChI=1S/C45H53N3O9S/c1-4-31-10-12-32(13-11-31)35-18-23-40(36(28-35)29-46-48(24-25-53-27-26-52-3)45-47-39-8-6-7-9-41(39)58-45)57-44(51)34-16-14-33(15-17-34)43(50)56-38-21-19-37(20-22-38)54-30-55-42(49)5-2/h5-9,18-23,28-29,31-34H,2,4,10-17,24-27,30H2,1,3H3/b46-29+. The zero-order valence-electron chi connectivity index (χ0n) is 33.3. The number of hydrogen-bond acceptors (Lipinski definition) is 13. The van der Waals surface area contributed by atoms with Crippen molar-refractivity contribution >= 4 is 50.8 Å². The van der Waals surface area contributed by atoms with Gasteiger partial charge in [0.25, 0.3) is 0 Å². The topological polar surface area (TPSA) is 135 Å². The molecule has 0 atom stereocenters. The lowest BCUT2D eigenvalue weighted by Gasteiger charge is -2.28. The van der Waals surface area contributed by atoms with Crippen LogP contribution < -0.4 is 19.2 Å². The Morgan fingerprint density at radius 1 is 0.862 bits per heavy atom. The minimum absolute atomic E-state index is 0.259. The number of hydrogen-bond donors (Lipinski definition) is 0. The maximum atomic E-state index is 13.7. The van der Waals surface area contributed by atoms with E-state index < -0.39 is 5.97 Å². The van der Waals surface area contributed by atoms with Crippen molar-refractivity contribution in [2.45, 2.75) is 70.6 Å². The summed E-state index contributed by atoms with van der Waals surface area (Å²) in [6.07, 6.45) is 10.7. The highest BCUT2D eigenvalue weighted by Gasteiger charge is 2.33. The fraction of sp³-hybridized carbons (Fsp3) is 0.444. The molecule has 1 aromatic heterocycles. The number of esters is 3. The molecular formula is C45H53N3O9S. The lowest BCUT2D eigenvalue weighted by Crippen LogP contribution is -2.30. The van der Waals surface area contributed by atoms with Gasteiger partial charge >= 0.3 is 17.9 Å². The number of benzene rings is 3. The lowest BCUT2D eigenvalue weighted by molar-refractivity contribution is -0.145. The average Bonchev–Trinajstić information content (AvgIpc) is 3.70. The molecule has 0 spiro atoms. The second-order valence-electron chi connectivity index (χ2n) is 14.7. The number of para-hydroxylation sites is 1. The van der Waals surface area contributed by atoms with Crippen molar-refractivity contribution in [1.82, 2.24) is 4.98 Å². The van der Waals surface area contributed by atoms with E-state index in [0.29, 0.717) is 75.2 Å². The predicted octanol–water partition coefficient (Wildman–Crippen LogP) is 8.87. The largest absolute Gasteiger partial charge is 0.457 e. The number of thiazole rings is 1. The molecule has 0 amide bonds. The molecule has 0 saturated heterocycles. The van der Waals surface area contributed by atoms with Crippen LogP contribution in [0.2, 0.25) is 0 Å². The Bertz CT molecular complexity index is 1970. The summed E-state index contributed by atoms with van der Waals surface area (Å²) in [7, 11) is 1.65. The smallest absolute Gasteiger partial charge is 0.333 e. The summed E-state index contributed by atoms with van der Waals surface area (Å²) in [5, 5.41) is 7.52. The Kier molecular flexibility index (Phi) is 15.8. The van der Waals surface area contributed by atoms with Crippen LogP contribution in [0.3, 0.4) is 0 Å². The molecule has 13 heteroatoms. The van der Waals surface area contributed by atoms with E-state index in [1.165, 1.54) is 24.8 Å². The molecule has 0 radical (unpaired) electrons. The quantitative estimate of drug-likeness (QED) is 0.0171. The first-order chi connectivity index (χ1) is 28.3. The molecule has 308 valence electrons. The zero-order chi connectivity index (χ0) is 40.7. The van der Waals surface area contributed by atoms with Crippen LogP contribution in [0, 0.1) is 17.8 Å². The molecule has 0 bridgehead atoms. The lowest BCUT2D eigenvalue weighted by atomic mass is 9.77. The number of fused-ring (bicyclic) bond motifs is 1. The van der Waals surface area contributed by atoms with Gasteiger partial charge in [-0.1, -0.05) is 49.5 Å². The van der Waals surface area contributed by atoms with E-state index in [1.54, 1.807) is 48.9 Å². The zero-order valence-corrected chi connectivity index (χ0v) is 34.2. The molecule has 2 fully saturated rings. The predicted molar refractivity (Wildman–Crippen MR) is 224 cm³/mol. The number of aromatic nitrogens is 1. The molecule has 58 heavy (non-hydrogen) atoms. The number of ether oxygens (including phenoxy) is 6. The van der Waals surface area contributed by atoms with Gasteiger partial charge in [-0.15, -0.1) is 0 Å². The van der Waals surface area contributed by atoms with E-state index in [-0.39, 0.29) is 30.6 Å². The second kappa shape index (κ2) is 21.6. The first-order valence-corrected chi connectivity index (χ1v) is 21.0. The van der Waals surface area contributed by atoms with Crippen LogP contribution in [0.15, 0.2) is 84.5 Å². The normalized spacial score (nSPS) is 19.4. The van der Waals surface area contributed by atoms with E-state index in [9.17, 15) is 14.4 Å². The fourth-order valence-corrected chi connectivity index (χ4v) is 8.34. The number of carbonyl (C=O) groups is 3. The van der Waals surface area contributed by atoms with Crippen LogP contribution in [-0.4, -0.2) is 69.4 Å². The Morgan fingerprint density at radius 2 is 1.57 bits per heavy atom. The molecule has 12 nitrogen and oxygen atoms in total. The molecule has 0 N–H and O–H groups in total. The minimum Gasteiger partial charge on any atom is -0.457 e. The summed E-state index contributed by atoms with van der Waals surface area (Å²) in [6, 6.07) is 20.6. The van der Waals surface area contributed by atoms with Crippen molar-refractivity contribution in [2.75, 3.05) is 45.3 Å². The van der Waals surface area contributed by atoms with Gasteiger partial charge in [0.1, 0.15) is 17.2 Å². The van der Waals surface area contributed by atoms with Gasteiger partial charge in [-0.25, -0.2) is 14.8 Å². The summed E-state index contributed by atoms with van der Waals surface area (Å²) >= 11 is 1.56. The van der Waals surface area contributed by atoms with Crippen LogP contribution >= 0.6 is 11.3 Å². The fourth-order valence-electron chi connectivity index (χ4n) is 7.39. The highest BCUT2D eigenvalue weighted by Crippen LogP contribution is 2.39. The Labute approximate surface area is 344 Å². The molecule has 4 aromatic rings. The summed E-state index contributed by atoms with van der Waals surface area (Å²) < 4.78 is 34.0. The second-order valence-corrected chi connectivity index (χ2v) is 15.7. The van der Waals surface area contributed by atoms with Gasteiger partial charge in [0.2, 0.25) is 11.9 Å². The van der Waals surface area contributed by atoms with E-state index in [1.807, 2.05) is 35.3 Å². The molecule has 2 saturated carbocycles. The maximum Gasteiger partial charge on any atom is 0.333 e. The van der Waals surface area contributed by atoms with Crippen LogP contribution in [-0.2, 0) is 28.6 Å². The third-order valence-electron chi connectivity index (χ3n) is 10.9. The van der Waals surface area contributed by atoms with Crippen molar-refractivity contribution < 1.29 is 42.8 Å². The highest BCUT2D eigenvalue weighted by atomic mass is 32.1. The molecule has 3 aromatic carbocycles. The van der Waals surface area contributed by atoms with E-state index >= 15 is 0 Å². The van der Waals surface area contributed by atoms with Crippen molar-refractivity contribution in [3.05, 3.63) is 90.5 Å². The number of nitrogens with zero attached hydrogens (tertiary/aromatic N) is 3. The summed E-state index contributed by atoms with van der Waals surface area (Å²) in [5.41, 5.74) is 2.85. The Balaban J connectivity index is 1.11. The van der Waals surface area contributed by atoms with Crippen molar-refractivity contribution in [3.8, 4) is 17.2 Å². The summed E-state index contributed by atoms with van der Waals surface area (Å²) in [6.45, 7) is 7.22. The average molecular weight is 812 g/mol. The van der Waals surface area contributed by atoms with E-state index in [0.717, 1.165) is 45.7 Å². The van der Waals surface area contributed by atoms with Crippen molar-refractivity contribution in [3.63, 3.8) is 0 Å². The van der Waals surface area contributed by atoms with Gasteiger partial charge in [-0.3, -0.25) is 9.59 Å². The number of carbonyl (C=O) groups excluding carboxylic acids is 3. The monoisotopic (exact) mass is 811 g/mol. The SMILES string of the molecule is C=CC(=O)OCOc1ccc(OC(=O)C2CCC(C(=O)Oc3ccc(C4CCC(CC)CC4)cc3/C=N/N(CCOCCOC)c3nc4ccccc4s3)CC2)cc1. The Morgan fingerprint density at radius 3 is 2.26 bits per heavy atom. The molecule has 1 heterocycles. The van der Waals surface area contributed by atoms with Gasteiger partial charge in [0.05, 0.1) is 54.6 Å². The summed E-state index contributed by atoms with van der Waals surface area (Å²) in [5.74, 6) is 0.549. The number of anilines is 1. The number of hydrazone groups is 1. The van der Waals surface area contributed by atoms with Crippen LogP contribution in [0.1, 0.15) is 81.8 Å². The molecule has 0 aliphatic heterocycles. The molecule has 6 rings (SSSR count). The molecular weight excluding hydrogens is 759 g/mol. The van der Waals surface area contributed by atoms with Gasteiger partial charge in [-0.05, 0) is 117 Å². The molecule has 2 aliphatic rings. The van der Waals surface area contributed by atoms with Gasteiger partial charge in [0, 0.05) is 18.7 Å². The van der Waals surface area contributed by atoms with Gasteiger partial charge < -0.3 is 28.4 Å². The van der Waals surface area contributed by atoms with Crippen LogP contribution in [0.4, 0.5) is 5.13 Å². The third-order valence-corrected chi connectivity index (χ3v) is 11.9. The molecule has 2 aliphatic carbocycles. The van der Waals surface area contributed by atoms with Gasteiger partial charge in [-0.2, -0.15) is 5.10 Å². The Hall–Kier alpha value is -5.11. The van der Waals surface area contributed by atoms with Crippen molar-refractivity contribution in [2.24, 2.45) is 22.9 Å². The maximum absolute atomic E-state index is 13.7. The first-order valence-electron chi connectivity index (χ1n) is 20.2. The first kappa shape index (κ1) is 42.5. The van der Waals surface area contributed by atoms with Crippen molar-refractivity contribution in [1.29, 1.82) is 0 Å². The number of rotatable bonds is 19. The highest BCUT2D eigenvalue weighted by molar-refractivity contribution is 7.22. The summed E-state index contributed by atoms with van der Waals surface area (Å²) in [4.78, 5) is 42.8.